The maximum Gasteiger partial charge on any atom is 0.251 e. The van der Waals surface area contributed by atoms with Crippen LogP contribution in [0.15, 0.2) is 42.5 Å². The Morgan fingerprint density at radius 1 is 1.14 bits per heavy atom. The number of rotatable bonds is 3. The number of carbonyl (C=O) groups is 1. The number of nitrogens with one attached hydrogen (secondary N) is 2. The molecule has 6 heteroatoms. The molecule has 0 aliphatic carbocycles. The van der Waals surface area contributed by atoms with Crippen LogP contribution in [0.3, 0.4) is 0 Å². The Morgan fingerprint density at radius 3 is 2.89 bits per heavy atom. The third kappa shape index (κ3) is 3.38. The van der Waals surface area contributed by atoms with Gasteiger partial charge in [-0.15, -0.1) is 11.3 Å². The molecule has 28 heavy (non-hydrogen) atoms. The lowest BCUT2D eigenvalue weighted by molar-refractivity contribution is 0.0925. The van der Waals surface area contributed by atoms with Gasteiger partial charge in [0.15, 0.2) is 0 Å². The third-order valence-electron chi connectivity index (χ3n) is 5.62. The number of carbonyl (C=O) groups excluding carboxylic acids is 1. The second-order valence-electron chi connectivity index (χ2n) is 7.46. The fourth-order valence-electron chi connectivity index (χ4n) is 4.06. The van der Waals surface area contributed by atoms with Crippen LogP contribution in [0.2, 0.25) is 0 Å². The van der Waals surface area contributed by atoms with Crippen LogP contribution >= 0.6 is 11.3 Å². The predicted octanol–water partition coefficient (Wildman–Crippen LogP) is 4.02. The van der Waals surface area contributed by atoms with Crippen molar-refractivity contribution in [1.29, 1.82) is 0 Å². The smallest absolute Gasteiger partial charge is 0.251 e. The van der Waals surface area contributed by atoms with E-state index in [4.69, 9.17) is 9.72 Å². The van der Waals surface area contributed by atoms with Crippen molar-refractivity contribution in [2.45, 2.75) is 31.2 Å². The standard InChI is InChI=1S/C22H23N3O2S/c26-21(24-17-9-12-27-19-4-2-1-3-16(17)19)15-5-6-18-20(13-15)28-22(25-18)14-7-10-23-11-8-14/h1-6,13-14,17,23H,7-12H2,(H,24,26). The van der Waals surface area contributed by atoms with Crippen molar-refractivity contribution < 1.29 is 9.53 Å². The first-order chi connectivity index (χ1) is 13.8. The predicted molar refractivity (Wildman–Crippen MR) is 111 cm³/mol. The molecular formula is C22H23N3O2S. The molecule has 0 spiro atoms. The summed E-state index contributed by atoms with van der Waals surface area (Å²) in [6.07, 6.45) is 3.05. The summed E-state index contributed by atoms with van der Waals surface area (Å²) in [7, 11) is 0. The maximum absolute atomic E-state index is 12.9. The van der Waals surface area contributed by atoms with Crippen LogP contribution < -0.4 is 15.4 Å². The quantitative estimate of drug-likeness (QED) is 0.706. The van der Waals surface area contributed by atoms with Crippen molar-refractivity contribution in [3.8, 4) is 5.75 Å². The number of aromatic nitrogens is 1. The zero-order chi connectivity index (χ0) is 18.9. The Balaban J connectivity index is 1.36. The lowest BCUT2D eigenvalue weighted by atomic mass is 9.99. The molecule has 0 radical (unpaired) electrons. The van der Waals surface area contributed by atoms with Crippen LogP contribution in [0.5, 0.6) is 5.75 Å². The van der Waals surface area contributed by atoms with Crippen LogP contribution in [0.1, 0.15) is 52.2 Å². The molecule has 2 aliphatic heterocycles. The highest BCUT2D eigenvalue weighted by Crippen LogP contribution is 2.34. The molecule has 1 amide bonds. The van der Waals surface area contributed by atoms with Gasteiger partial charge in [-0.05, 0) is 50.2 Å². The van der Waals surface area contributed by atoms with Crippen molar-refractivity contribution in [3.05, 3.63) is 58.6 Å². The zero-order valence-electron chi connectivity index (χ0n) is 15.6. The zero-order valence-corrected chi connectivity index (χ0v) is 16.4. The van der Waals surface area contributed by atoms with Gasteiger partial charge in [0, 0.05) is 23.5 Å². The SMILES string of the molecule is O=C(NC1CCOc2ccccc21)c1ccc2nc(C3CCNCC3)sc2c1. The molecule has 1 unspecified atom stereocenters. The van der Waals surface area contributed by atoms with E-state index in [9.17, 15) is 4.79 Å². The summed E-state index contributed by atoms with van der Waals surface area (Å²) < 4.78 is 6.79. The first-order valence-electron chi connectivity index (χ1n) is 9.92. The Bertz CT molecular complexity index is 1010. The van der Waals surface area contributed by atoms with E-state index in [2.05, 4.69) is 10.6 Å². The summed E-state index contributed by atoms with van der Waals surface area (Å²) in [6.45, 7) is 2.73. The molecule has 144 valence electrons. The molecule has 3 aromatic rings. The largest absolute Gasteiger partial charge is 0.493 e. The average molecular weight is 394 g/mol. The number of piperidine rings is 1. The Morgan fingerprint density at radius 2 is 2.00 bits per heavy atom. The van der Waals surface area contributed by atoms with Crippen molar-refractivity contribution in [2.75, 3.05) is 19.7 Å². The molecular weight excluding hydrogens is 370 g/mol. The molecule has 5 nitrogen and oxygen atoms in total. The van der Waals surface area contributed by atoms with Crippen LogP contribution in [0, 0.1) is 0 Å². The second-order valence-corrected chi connectivity index (χ2v) is 8.52. The average Bonchev–Trinajstić information content (AvgIpc) is 3.18. The first-order valence-corrected chi connectivity index (χ1v) is 10.7. The summed E-state index contributed by atoms with van der Waals surface area (Å²) in [4.78, 5) is 17.7. The number of ether oxygens (including phenoxy) is 1. The molecule has 1 aromatic heterocycles. The first kappa shape index (κ1) is 17.6. The number of hydrogen-bond donors (Lipinski definition) is 2. The van der Waals surface area contributed by atoms with E-state index in [1.165, 1.54) is 5.01 Å². The third-order valence-corrected chi connectivity index (χ3v) is 6.80. The van der Waals surface area contributed by atoms with Gasteiger partial charge in [-0.2, -0.15) is 0 Å². The molecule has 2 aliphatic rings. The molecule has 1 saturated heterocycles. The fourth-order valence-corrected chi connectivity index (χ4v) is 5.24. The Hall–Kier alpha value is -2.44. The summed E-state index contributed by atoms with van der Waals surface area (Å²) >= 11 is 1.73. The molecule has 2 N–H and O–H groups in total. The number of fused-ring (bicyclic) bond motifs is 2. The van der Waals surface area contributed by atoms with Gasteiger partial charge in [-0.1, -0.05) is 18.2 Å². The summed E-state index contributed by atoms with van der Waals surface area (Å²) in [5.41, 5.74) is 2.73. The highest BCUT2D eigenvalue weighted by molar-refractivity contribution is 7.18. The number of amides is 1. The summed E-state index contributed by atoms with van der Waals surface area (Å²) in [5, 5.41) is 7.79. The molecule has 3 heterocycles. The second kappa shape index (κ2) is 7.53. The van der Waals surface area contributed by atoms with Gasteiger partial charge in [-0.25, -0.2) is 4.98 Å². The number of para-hydroxylation sites is 1. The van der Waals surface area contributed by atoms with Gasteiger partial charge in [-0.3, -0.25) is 4.79 Å². The fraction of sp³-hybridized carbons (Fsp3) is 0.364. The number of hydrogen-bond acceptors (Lipinski definition) is 5. The molecule has 1 atom stereocenters. The van der Waals surface area contributed by atoms with E-state index in [0.717, 1.165) is 53.9 Å². The lowest BCUT2D eigenvalue weighted by Gasteiger charge is -2.26. The summed E-state index contributed by atoms with van der Waals surface area (Å²) in [6, 6.07) is 13.8. The van der Waals surface area contributed by atoms with Crippen molar-refractivity contribution in [3.63, 3.8) is 0 Å². The minimum Gasteiger partial charge on any atom is -0.493 e. The van der Waals surface area contributed by atoms with Crippen LogP contribution in [0.25, 0.3) is 10.2 Å². The van der Waals surface area contributed by atoms with E-state index in [1.54, 1.807) is 11.3 Å². The van der Waals surface area contributed by atoms with Gasteiger partial charge >= 0.3 is 0 Å². The Kier molecular flexibility index (Phi) is 4.74. The van der Waals surface area contributed by atoms with Crippen LogP contribution in [-0.4, -0.2) is 30.6 Å². The molecule has 0 bridgehead atoms. The van der Waals surface area contributed by atoms with E-state index in [0.29, 0.717) is 18.1 Å². The minimum absolute atomic E-state index is 0.0140. The van der Waals surface area contributed by atoms with Gasteiger partial charge in [0.05, 0.1) is 27.9 Å². The number of thiazole rings is 1. The maximum atomic E-state index is 12.9. The topological polar surface area (TPSA) is 63.2 Å². The molecule has 2 aromatic carbocycles. The van der Waals surface area contributed by atoms with Crippen LogP contribution in [-0.2, 0) is 0 Å². The summed E-state index contributed by atoms with van der Waals surface area (Å²) in [5.74, 6) is 1.36. The highest BCUT2D eigenvalue weighted by Gasteiger charge is 2.24. The van der Waals surface area contributed by atoms with Crippen molar-refractivity contribution in [2.24, 2.45) is 0 Å². The molecule has 1 fully saturated rings. The number of benzene rings is 2. The van der Waals surface area contributed by atoms with Gasteiger partial charge in [0.2, 0.25) is 0 Å². The van der Waals surface area contributed by atoms with E-state index in [-0.39, 0.29) is 11.9 Å². The monoisotopic (exact) mass is 393 g/mol. The van der Waals surface area contributed by atoms with Gasteiger partial charge in [0.1, 0.15) is 5.75 Å². The van der Waals surface area contributed by atoms with E-state index in [1.807, 2.05) is 42.5 Å². The van der Waals surface area contributed by atoms with E-state index < -0.39 is 0 Å². The minimum atomic E-state index is -0.0413. The Labute approximate surface area is 168 Å². The van der Waals surface area contributed by atoms with Crippen LogP contribution in [0.4, 0.5) is 0 Å². The normalized spacial score (nSPS) is 19.8. The van der Waals surface area contributed by atoms with Crippen molar-refractivity contribution >= 4 is 27.5 Å². The van der Waals surface area contributed by atoms with Crippen molar-refractivity contribution in [1.82, 2.24) is 15.6 Å². The van der Waals surface area contributed by atoms with Gasteiger partial charge in [0.25, 0.3) is 5.91 Å². The number of nitrogens with zero attached hydrogens (tertiary/aromatic N) is 1. The van der Waals surface area contributed by atoms with E-state index >= 15 is 0 Å². The highest BCUT2D eigenvalue weighted by atomic mass is 32.1. The van der Waals surface area contributed by atoms with Gasteiger partial charge < -0.3 is 15.4 Å². The molecule has 0 saturated carbocycles. The lowest BCUT2D eigenvalue weighted by Crippen LogP contribution is -2.32. The molecule has 5 rings (SSSR count).